The molecule has 1 amide bonds. The van der Waals surface area contributed by atoms with Gasteiger partial charge in [0.15, 0.2) is 6.04 Å². The zero-order valence-corrected chi connectivity index (χ0v) is 18.5. The van der Waals surface area contributed by atoms with E-state index in [4.69, 9.17) is 4.74 Å². The molecule has 2 saturated heterocycles. The molecule has 0 radical (unpaired) electrons. The Morgan fingerprint density at radius 3 is 2.68 bits per heavy atom. The predicted molar refractivity (Wildman–Crippen MR) is 111 cm³/mol. The Balaban J connectivity index is 1.47. The molecule has 6 nitrogen and oxygen atoms in total. The van der Waals surface area contributed by atoms with Crippen molar-refractivity contribution in [1.82, 2.24) is 14.7 Å². The normalized spacial score (nSPS) is 29.5. The molecule has 4 rings (SSSR count). The summed E-state index contributed by atoms with van der Waals surface area (Å²) in [6.07, 6.45) is -0.264. The van der Waals surface area contributed by atoms with Crippen molar-refractivity contribution in [1.29, 1.82) is 0 Å². The molecule has 0 bridgehead atoms. The number of nitrogens with zero attached hydrogens (tertiary/aromatic N) is 3. The smallest absolute Gasteiger partial charge is 0.378 e. The van der Waals surface area contributed by atoms with E-state index >= 15 is 0 Å². The van der Waals surface area contributed by atoms with Crippen LogP contribution in [0.4, 0.5) is 19.0 Å². The van der Waals surface area contributed by atoms with Gasteiger partial charge >= 0.3 is 6.18 Å². The van der Waals surface area contributed by atoms with Crippen molar-refractivity contribution in [2.75, 3.05) is 25.0 Å². The van der Waals surface area contributed by atoms with Gasteiger partial charge in [-0.25, -0.2) is 4.68 Å². The molecule has 2 fully saturated rings. The Morgan fingerprint density at radius 1 is 1.26 bits per heavy atom. The molecule has 1 aromatic rings. The van der Waals surface area contributed by atoms with E-state index in [1.54, 1.807) is 6.07 Å². The highest BCUT2D eigenvalue weighted by Crippen LogP contribution is 2.44. The maximum absolute atomic E-state index is 13.8. The lowest BCUT2D eigenvalue weighted by Crippen LogP contribution is -2.44. The number of rotatable bonds is 3. The first-order chi connectivity index (χ1) is 14.5. The fraction of sp³-hybridized carbons (Fsp3) is 0.818. The van der Waals surface area contributed by atoms with Gasteiger partial charge in [0, 0.05) is 37.7 Å². The summed E-state index contributed by atoms with van der Waals surface area (Å²) in [6, 6.07) is -0.183. The number of fused-ring (bicyclic) bond motifs is 1. The van der Waals surface area contributed by atoms with Crippen LogP contribution in [0.5, 0.6) is 0 Å². The number of aromatic nitrogens is 2. The SMILES string of the molecule is CC(C)(C)[C@@H]1C[C@H](C(F)(F)F)n2nc([C@@H]3CCN(C(=O)C[C@H]4CCCCO4)C3)cc2N1. The Labute approximate surface area is 181 Å². The number of hydrogen-bond donors (Lipinski definition) is 1. The van der Waals surface area contributed by atoms with Crippen LogP contribution in [-0.2, 0) is 9.53 Å². The molecule has 0 aliphatic carbocycles. The topological polar surface area (TPSA) is 59.4 Å². The fourth-order valence-electron chi connectivity index (χ4n) is 4.88. The number of amides is 1. The van der Waals surface area contributed by atoms with E-state index < -0.39 is 12.2 Å². The number of ether oxygens (including phenoxy) is 1. The maximum Gasteiger partial charge on any atom is 0.410 e. The molecule has 0 saturated carbocycles. The van der Waals surface area contributed by atoms with Gasteiger partial charge in [0.25, 0.3) is 0 Å². The minimum atomic E-state index is -4.36. The van der Waals surface area contributed by atoms with Crippen molar-refractivity contribution < 1.29 is 22.7 Å². The van der Waals surface area contributed by atoms with E-state index in [2.05, 4.69) is 10.4 Å². The lowest BCUT2D eigenvalue weighted by molar-refractivity contribution is -0.175. The van der Waals surface area contributed by atoms with Gasteiger partial charge in [0.2, 0.25) is 5.91 Å². The molecule has 3 aliphatic rings. The molecule has 0 spiro atoms. The van der Waals surface area contributed by atoms with Crippen LogP contribution >= 0.6 is 0 Å². The minimum Gasteiger partial charge on any atom is -0.378 e. The van der Waals surface area contributed by atoms with Crippen molar-refractivity contribution in [2.45, 2.75) is 89.6 Å². The molecule has 9 heteroatoms. The van der Waals surface area contributed by atoms with Gasteiger partial charge in [-0.15, -0.1) is 0 Å². The van der Waals surface area contributed by atoms with Gasteiger partial charge in [0.05, 0.1) is 18.2 Å². The maximum atomic E-state index is 13.8. The monoisotopic (exact) mass is 442 g/mol. The number of halogens is 3. The second-order valence-corrected chi connectivity index (χ2v) is 10.3. The highest BCUT2D eigenvalue weighted by molar-refractivity contribution is 5.77. The molecule has 4 atom stereocenters. The Kier molecular flexibility index (Phi) is 6.00. The van der Waals surface area contributed by atoms with Crippen molar-refractivity contribution >= 4 is 11.7 Å². The molecule has 31 heavy (non-hydrogen) atoms. The third kappa shape index (κ3) is 4.86. The Bertz CT molecular complexity index is 796. The number of alkyl halides is 3. The molecule has 174 valence electrons. The number of anilines is 1. The van der Waals surface area contributed by atoms with Crippen LogP contribution in [0.3, 0.4) is 0 Å². The predicted octanol–water partition coefficient (Wildman–Crippen LogP) is 4.49. The van der Waals surface area contributed by atoms with Crippen LogP contribution in [0.1, 0.15) is 76.9 Å². The summed E-state index contributed by atoms with van der Waals surface area (Å²) in [5.74, 6) is 0.444. The zero-order chi connectivity index (χ0) is 22.4. The molecule has 1 aromatic heterocycles. The van der Waals surface area contributed by atoms with Gasteiger partial charge in [0.1, 0.15) is 5.82 Å². The lowest BCUT2D eigenvalue weighted by atomic mass is 9.82. The van der Waals surface area contributed by atoms with Crippen LogP contribution in [0.2, 0.25) is 0 Å². The highest BCUT2D eigenvalue weighted by atomic mass is 19.4. The van der Waals surface area contributed by atoms with E-state index in [-0.39, 0.29) is 35.8 Å². The van der Waals surface area contributed by atoms with Crippen LogP contribution in [0, 0.1) is 5.41 Å². The van der Waals surface area contributed by atoms with E-state index in [0.29, 0.717) is 44.0 Å². The molecule has 4 heterocycles. The van der Waals surface area contributed by atoms with Gasteiger partial charge in [-0.2, -0.15) is 18.3 Å². The van der Waals surface area contributed by atoms with Crippen molar-refractivity contribution in [2.24, 2.45) is 5.41 Å². The van der Waals surface area contributed by atoms with Gasteiger partial charge < -0.3 is 15.0 Å². The molecule has 0 aromatic carbocycles. The number of nitrogens with one attached hydrogen (secondary N) is 1. The van der Waals surface area contributed by atoms with Gasteiger partial charge in [-0.05, 0) is 37.5 Å². The van der Waals surface area contributed by atoms with Gasteiger partial charge in [-0.3, -0.25) is 4.79 Å². The van der Waals surface area contributed by atoms with Crippen LogP contribution in [0.15, 0.2) is 6.07 Å². The summed E-state index contributed by atoms with van der Waals surface area (Å²) in [5, 5.41) is 7.65. The standard InChI is InChI=1S/C22H33F3N4O2/c1-21(2,3)17-12-18(22(23,24)25)29-19(26-17)11-16(27-29)14-7-8-28(13-14)20(30)10-15-6-4-5-9-31-15/h11,14-15,17-18,26H,4-10,12-13H2,1-3H3/t14-,15-,17+,18-/m1/s1. The largest absolute Gasteiger partial charge is 0.410 e. The zero-order valence-electron chi connectivity index (χ0n) is 18.5. The first-order valence-electron chi connectivity index (χ1n) is 11.3. The van der Waals surface area contributed by atoms with E-state index in [0.717, 1.165) is 23.9 Å². The Morgan fingerprint density at radius 2 is 2.03 bits per heavy atom. The average molecular weight is 443 g/mol. The van der Waals surface area contributed by atoms with Crippen LogP contribution < -0.4 is 5.32 Å². The minimum absolute atomic E-state index is 0.00806. The van der Waals surface area contributed by atoms with Crippen molar-refractivity contribution in [3.63, 3.8) is 0 Å². The highest BCUT2D eigenvalue weighted by Gasteiger charge is 2.48. The number of hydrogen-bond acceptors (Lipinski definition) is 4. The third-order valence-electron chi connectivity index (χ3n) is 6.89. The van der Waals surface area contributed by atoms with Gasteiger partial charge in [-0.1, -0.05) is 20.8 Å². The molecule has 3 aliphatic heterocycles. The van der Waals surface area contributed by atoms with Crippen LogP contribution in [-0.4, -0.2) is 58.6 Å². The number of likely N-dealkylation sites (tertiary alicyclic amines) is 1. The second-order valence-electron chi connectivity index (χ2n) is 10.3. The number of carbonyl (C=O) groups excluding carboxylic acids is 1. The Hall–Kier alpha value is -1.77. The molecular formula is C22H33F3N4O2. The van der Waals surface area contributed by atoms with E-state index in [9.17, 15) is 18.0 Å². The first kappa shape index (κ1) is 22.4. The first-order valence-corrected chi connectivity index (χ1v) is 11.3. The summed E-state index contributed by atoms with van der Waals surface area (Å²) >= 11 is 0. The summed E-state index contributed by atoms with van der Waals surface area (Å²) in [7, 11) is 0. The van der Waals surface area contributed by atoms with E-state index in [1.165, 1.54) is 0 Å². The van der Waals surface area contributed by atoms with Crippen LogP contribution in [0.25, 0.3) is 0 Å². The van der Waals surface area contributed by atoms with E-state index in [1.807, 2.05) is 25.7 Å². The van der Waals surface area contributed by atoms with Crippen molar-refractivity contribution in [3.05, 3.63) is 11.8 Å². The fourth-order valence-corrected chi connectivity index (χ4v) is 4.88. The quantitative estimate of drug-likeness (QED) is 0.749. The number of carbonyl (C=O) groups is 1. The molecular weight excluding hydrogens is 409 g/mol. The van der Waals surface area contributed by atoms with Crippen molar-refractivity contribution in [3.8, 4) is 0 Å². The summed E-state index contributed by atoms with van der Waals surface area (Å²) in [4.78, 5) is 14.5. The summed E-state index contributed by atoms with van der Waals surface area (Å²) in [6.45, 7) is 7.66. The molecule has 0 unspecified atom stereocenters. The average Bonchev–Trinajstić information content (AvgIpc) is 3.33. The third-order valence-corrected chi connectivity index (χ3v) is 6.89. The second kappa shape index (κ2) is 8.30. The summed E-state index contributed by atoms with van der Waals surface area (Å²) in [5.41, 5.74) is 0.326. The summed E-state index contributed by atoms with van der Waals surface area (Å²) < 4.78 is 48.2. The molecule has 1 N–H and O–H groups in total. The lowest BCUT2D eigenvalue weighted by Gasteiger charge is -2.39.